The van der Waals surface area contributed by atoms with E-state index >= 15 is 0 Å². The van der Waals surface area contributed by atoms with Gasteiger partial charge in [0.25, 0.3) is 11.8 Å². The first kappa shape index (κ1) is 19.2. The second kappa shape index (κ2) is 8.84. The van der Waals surface area contributed by atoms with Gasteiger partial charge in [0.2, 0.25) is 0 Å². The molecule has 2 N–H and O–H groups in total. The van der Waals surface area contributed by atoms with Crippen LogP contribution in [0.2, 0.25) is 0 Å². The van der Waals surface area contributed by atoms with E-state index in [1.165, 1.54) is 5.56 Å². The molecule has 0 fully saturated rings. The molecule has 0 spiro atoms. The minimum absolute atomic E-state index is 0.369. The van der Waals surface area contributed by atoms with Crippen LogP contribution in [0.25, 0.3) is 0 Å². The van der Waals surface area contributed by atoms with Gasteiger partial charge in [-0.3, -0.25) is 20.4 Å². The normalized spacial score (nSPS) is 11.7. The number of nitrogens with one attached hydrogen (secondary N) is 2. The maximum Gasteiger partial charge on any atom is 0.279 e. The van der Waals surface area contributed by atoms with Crippen LogP contribution in [0.1, 0.15) is 42.6 Å². The van der Waals surface area contributed by atoms with E-state index in [1.807, 2.05) is 36.4 Å². The molecule has 0 aromatic heterocycles. The molecule has 0 bridgehead atoms. The van der Waals surface area contributed by atoms with Gasteiger partial charge in [0.1, 0.15) is 5.75 Å². The Labute approximate surface area is 161 Å². The summed E-state index contributed by atoms with van der Waals surface area (Å²) in [6, 6.07) is 14.8. The van der Waals surface area contributed by atoms with E-state index in [-0.39, 0.29) is 5.91 Å². The molecule has 25 heavy (non-hydrogen) atoms. The Morgan fingerprint density at radius 1 is 0.960 bits per heavy atom. The van der Waals surface area contributed by atoms with Crippen LogP contribution in [0.4, 0.5) is 0 Å². The second-order valence-corrected chi connectivity index (χ2v) is 7.07. The highest BCUT2D eigenvalue weighted by Crippen LogP contribution is 2.19. The van der Waals surface area contributed by atoms with Crippen molar-refractivity contribution in [3.8, 4) is 5.75 Å². The number of hydrazine groups is 1. The van der Waals surface area contributed by atoms with Crippen molar-refractivity contribution in [2.24, 2.45) is 0 Å². The molecule has 1 atom stereocenters. The summed E-state index contributed by atoms with van der Waals surface area (Å²) in [5.41, 5.74) is 6.50. The van der Waals surface area contributed by atoms with Crippen LogP contribution in [0.5, 0.6) is 5.75 Å². The van der Waals surface area contributed by atoms with E-state index in [1.54, 1.807) is 19.1 Å². The molecule has 6 heteroatoms. The molecule has 132 valence electrons. The summed E-state index contributed by atoms with van der Waals surface area (Å²) in [6.07, 6.45) is -0.736. The van der Waals surface area contributed by atoms with E-state index in [2.05, 4.69) is 47.3 Å². The molecule has 2 aromatic carbocycles. The van der Waals surface area contributed by atoms with Gasteiger partial charge in [-0.25, -0.2) is 0 Å². The third kappa shape index (κ3) is 5.45. The molecule has 2 aromatic rings. The number of carbonyl (C=O) groups excluding carboxylic acids is 2. The SMILES string of the molecule is CC(Oc1ccc(C(C)C)cc1)C(=O)NNC(=O)c1ccccc1I. The summed E-state index contributed by atoms with van der Waals surface area (Å²) in [7, 11) is 0. The topological polar surface area (TPSA) is 67.4 Å². The molecule has 0 radical (unpaired) electrons. The predicted octanol–water partition coefficient (Wildman–Crippen LogP) is 3.64. The molecular formula is C19H21IN2O3. The van der Waals surface area contributed by atoms with Gasteiger partial charge in [-0.1, -0.05) is 38.1 Å². The van der Waals surface area contributed by atoms with Gasteiger partial charge in [0.05, 0.1) is 5.56 Å². The average Bonchev–Trinajstić information content (AvgIpc) is 2.60. The van der Waals surface area contributed by atoms with E-state index in [0.29, 0.717) is 17.2 Å². The van der Waals surface area contributed by atoms with Gasteiger partial charge in [-0.05, 0) is 65.3 Å². The van der Waals surface area contributed by atoms with Gasteiger partial charge in [0.15, 0.2) is 6.10 Å². The second-order valence-electron chi connectivity index (χ2n) is 5.91. The van der Waals surface area contributed by atoms with Crippen molar-refractivity contribution in [3.05, 3.63) is 63.2 Å². The molecule has 0 aliphatic carbocycles. The molecule has 0 heterocycles. The number of rotatable bonds is 5. The maximum atomic E-state index is 12.1. The third-order valence-corrected chi connectivity index (χ3v) is 4.59. The quantitative estimate of drug-likeness (QED) is 0.538. The molecule has 0 aliphatic rings. The summed E-state index contributed by atoms with van der Waals surface area (Å²) < 4.78 is 6.41. The van der Waals surface area contributed by atoms with Gasteiger partial charge in [0, 0.05) is 3.57 Å². The standard InChI is InChI=1S/C19H21IN2O3/c1-12(2)14-8-10-15(11-9-14)25-13(3)18(23)21-22-19(24)16-6-4-5-7-17(16)20/h4-13H,1-3H3,(H,21,23)(H,22,24). The van der Waals surface area contributed by atoms with E-state index in [4.69, 9.17) is 4.74 Å². The van der Waals surface area contributed by atoms with E-state index in [9.17, 15) is 9.59 Å². The van der Waals surface area contributed by atoms with Crippen molar-refractivity contribution in [1.29, 1.82) is 0 Å². The van der Waals surface area contributed by atoms with Crippen molar-refractivity contribution in [1.82, 2.24) is 10.9 Å². The van der Waals surface area contributed by atoms with Gasteiger partial charge in [-0.15, -0.1) is 0 Å². The first-order valence-electron chi connectivity index (χ1n) is 8.00. The zero-order valence-electron chi connectivity index (χ0n) is 14.4. The maximum absolute atomic E-state index is 12.1. The summed E-state index contributed by atoms with van der Waals surface area (Å²) in [5.74, 6) is 0.251. The predicted molar refractivity (Wildman–Crippen MR) is 105 cm³/mol. The van der Waals surface area contributed by atoms with Gasteiger partial charge < -0.3 is 4.74 Å². The largest absolute Gasteiger partial charge is 0.481 e. The Bertz CT molecular complexity index is 745. The third-order valence-electron chi connectivity index (χ3n) is 3.65. The monoisotopic (exact) mass is 452 g/mol. The first-order chi connectivity index (χ1) is 11.9. The molecule has 0 aliphatic heterocycles. The van der Waals surface area contributed by atoms with Crippen molar-refractivity contribution < 1.29 is 14.3 Å². The summed E-state index contributed by atoms with van der Waals surface area (Å²) in [4.78, 5) is 24.2. The van der Waals surface area contributed by atoms with Crippen LogP contribution in [0, 0.1) is 3.57 Å². The zero-order chi connectivity index (χ0) is 18.4. The fourth-order valence-corrected chi connectivity index (χ4v) is 2.75. The number of hydrogen-bond donors (Lipinski definition) is 2. The van der Waals surface area contributed by atoms with Crippen molar-refractivity contribution in [2.75, 3.05) is 0 Å². The highest BCUT2D eigenvalue weighted by molar-refractivity contribution is 14.1. The van der Waals surface area contributed by atoms with Crippen LogP contribution >= 0.6 is 22.6 Å². The van der Waals surface area contributed by atoms with Crippen LogP contribution in [-0.4, -0.2) is 17.9 Å². The Hall–Kier alpha value is -2.09. The Balaban J connectivity index is 1.88. The summed E-state index contributed by atoms with van der Waals surface area (Å²) in [6.45, 7) is 5.86. The van der Waals surface area contributed by atoms with Crippen LogP contribution in [-0.2, 0) is 4.79 Å². The number of benzene rings is 2. The van der Waals surface area contributed by atoms with Gasteiger partial charge >= 0.3 is 0 Å². The molecule has 2 amide bonds. The number of carbonyl (C=O) groups is 2. The molecule has 1 unspecified atom stereocenters. The molecule has 2 rings (SSSR count). The van der Waals surface area contributed by atoms with Crippen molar-refractivity contribution in [3.63, 3.8) is 0 Å². The Morgan fingerprint density at radius 2 is 1.60 bits per heavy atom. The fourth-order valence-electron chi connectivity index (χ4n) is 2.12. The smallest absolute Gasteiger partial charge is 0.279 e. The Kier molecular flexibility index (Phi) is 6.81. The number of hydrogen-bond acceptors (Lipinski definition) is 3. The van der Waals surface area contributed by atoms with Crippen LogP contribution in [0.15, 0.2) is 48.5 Å². The van der Waals surface area contributed by atoms with Crippen LogP contribution in [0.3, 0.4) is 0 Å². The molecule has 0 saturated heterocycles. The molecular weight excluding hydrogens is 431 g/mol. The molecule has 5 nitrogen and oxygen atoms in total. The van der Waals surface area contributed by atoms with Crippen molar-refractivity contribution >= 4 is 34.4 Å². The lowest BCUT2D eigenvalue weighted by Gasteiger charge is -2.16. The highest BCUT2D eigenvalue weighted by Gasteiger charge is 2.16. The van der Waals surface area contributed by atoms with E-state index < -0.39 is 12.0 Å². The summed E-state index contributed by atoms with van der Waals surface area (Å²) in [5, 5.41) is 0. The molecule has 0 saturated carbocycles. The number of halogens is 1. The minimum Gasteiger partial charge on any atom is -0.481 e. The highest BCUT2D eigenvalue weighted by atomic mass is 127. The zero-order valence-corrected chi connectivity index (χ0v) is 16.5. The lowest BCUT2D eigenvalue weighted by atomic mass is 10.0. The van der Waals surface area contributed by atoms with Crippen molar-refractivity contribution in [2.45, 2.75) is 32.8 Å². The lowest BCUT2D eigenvalue weighted by molar-refractivity contribution is -0.128. The summed E-state index contributed by atoms with van der Waals surface area (Å²) >= 11 is 2.07. The minimum atomic E-state index is -0.736. The first-order valence-corrected chi connectivity index (χ1v) is 9.07. The number of amides is 2. The number of ether oxygens (including phenoxy) is 1. The Morgan fingerprint density at radius 3 is 2.20 bits per heavy atom. The van der Waals surface area contributed by atoms with E-state index in [0.717, 1.165) is 3.57 Å². The average molecular weight is 452 g/mol. The fraction of sp³-hybridized carbons (Fsp3) is 0.263. The van der Waals surface area contributed by atoms with Crippen LogP contribution < -0.4 is 15.6 Å². The lowest BCUT2D eigenvalue weighted by Crippen LogP contribution is -2.47. The van der Waals surface area contributed by atoms with Gasteiger partial charge in [-0.2, -0.15) is 0 Å².